The summed E-state index contributed by atoms with van der Waals surface area (Å²) >= 11 is 0. The first-order valence-electron chi connectivity index (χ1n) is 19.7. The van der Waals surface area contributed by atoms with E-state index < -0.39 is 55.8 Å². The van der Waals surface area contributed by atoms with E-state index >= 15 is 0 Å². The van der Waals surface area contributed by atoms with E-state index in [0.29, 0.717) is 24.7 Å². The minimum absolute atomic E-state index is 0.0330. The van der Waals surface area contributed by atoms with Crippen LogP contribution in [0.4, 0.5) is 0 Å². The molecule has 0 saturated carbocycles. The number of methoxy groups -OCH3 is 3. The van der Waals surface area contributed by atoms with Crippen LogP contribution >= 0.6 is 7.82 Å². The van der Waals surface area contributed by atoms with Gasteiger partial charge in [-0.25, -0.2) is 9.36 Å². The maximum Gasteiger partial charge on any atom is 0.530 e. The number of aliphatic hydroxyl groups is 2. The highest BCUT2D eigenvalue weighted by molar-refractivity contribution is 7.49. The van der Waals surface area contributed by atoms with Crippen LogP contribution in [0.3, 0.4) is 0 Å². The Kier molecular flexibility index (Phi) is 16.6. The Morgan fingerprint density at radius 3 is 1.85 bits per heavy atom. The first kappa shape index (κ1) is 46.3. The van der Waals surface area contributed by atoms with Crippen LogP contribution in [0.15, 0.2) is 125 Å². The SMILES string of the molecule is COCCOCCOCCOP(=O)(Oc1ccc(COC(c2ccccc2)(c2ccc(OC)cc2)c2ccc(OC)cc2)cc1)OC1C(O)[C@H](n2ccc(=O)[nH]c2=O)O[C@@H]1CO. The standard InChI is InChI=1S/C44H51N2O15P/c1-52-23-24-55-25-26-56-27-28-58-62(51,61-41-38(29-47)59-42(40(41)49)46-22-21-39(48)45-43(46)50)60-37-15-9-31(10-16-37)30-57-44(32-7-5-4-6-8-32,33-11-17-35(53-2)18-12-33)34-13-19-36(54-3)20-14-34/h4-22,38,40-42,47,49H,23-30H2,1-3H3,(H,45,48,50)/t38-,40?,41?,42-,62?/m1/s1. The molecule has 3 N–H and O–H groups in total. The van der Waals surface area contributed by atoms with Crippen LogP contribution in [0, 0.1) is 0 Å². The van der Waals surface area contributed by atoms with Gasteiger partial charge >= 0.3 is 13.5 Å². The number of ether oxygens (including phenoxy) is 7. The Labute approximate surface area is 358 Å². The number of aromatic nitrogens is 2. The van der Waals surface area contributed by atoms with Gasteiger partial charge in [-0.2, -0.15) is 0 Å². The molecule has 332 valence electrons. The zero-order chi connectivity index (χ0) is 44.0. The molecule has 18 heteroatoms. The first-order valence-corrected chi connectivity index (χ1v) is 21.2. The normalized spacial score (nSPS) is 18.6. The van der Waals surface area contributed by atoms with Crippen molar-refractivity contribution in [2.75, 3.05) is 67.6 Å². The van der Waals surface area contributed by atoms with Crippen LogP contribution in [0.2, 0.25) is 0 Å². The molecule has 0 spiro atoms. The molecule has 6 rings (SSSR count). The van der Waals surface area contributed by atoms with E-state index in [1.54, 1.807) is 45.6 Å². The monoisotopic (exact) mass is 878 g/mol. The van der Waals surface area contributed by atoms with E-state index in [-0.39, 0.29) is 38.8 Å². The highest BCUT2D eigenvalue weighted by Crippen LogP contribution is 2.53. The molecule has 62 heavy (non-hydrogen) atoms. The predicted octanol–water partition coefficient (Wildman–Crippen LogP) is 4.58. The molecule has 0 radical (unpaired) electrons. The number of nitrogens with zero attached hydrogens (tertiary/aromatic N) is 1. The first-order chi connectivity index (χ1) is 30.1. The molecule has 1 aliphatic rings. The number of H-pyrrole nitrogens is 1. The van der Waals surface area contributed by atoms with Gasteiger partial charge in [0, 0.05) is 19.4 Å². The van der Waals surface area contributed by atoms with Crippen LogP contribution < -0.4 is 25.2 Å². The average Bonchev–Trinajstić information content (AvgIpc) is 3.60. The lowest BCUT2D eigenvalue weighted by Gasteiger charge is -2.36. The Morgan fingerprint density at radius 1 is 0.726 bits per heavy atom. The minimum Gasteiger partial charge on any atom is -0.497 e. The second kappa shape index (κ2) is 22.3. The van der Waals surface area contributed by atoms with Gasteiger partial charge in [0.15, 0.2) is 6.23 Å². The number of aliphatic hydroxyl groups excluding tert-OH is 2. The average molecular weight is 879 g/mol. The molecule has 1 aromatic heterocycles. The van der Waals surface area contributed by atoms with Crippen molar-refractivity contribution in [3.63, 3.8) is 0 Å². The molecule has 3 unspecified atom stereocenters. The summed E-state index contributed by atoms with van der Waals surface area (Å²) in [7, 11) is 0.128. The third kappa shape index (κ3) is 11.4. The predicted molar refractivity (Wildman–Crippen MR) is 224 cm³/mol. The van der Waals surface area contributed by atoms with Gasteiger partial charge in [-0.05, 0) is 58.7 Å². The largest absolute Gasteiger partial charge is 0.530 e. The summed E-state index contributed by atoms with van der Waals surface area (Å²) in [5.41, 5.74) is 0.667. The van der Waals surface area contributed by atoms with E-state index in [2.05, 4.69) is 4.98 Å². The number of rotatable bonds is 24. The lowest BCUT2D eigenvalue weighted by Crippen LogP contribution is -2.39. The van der Waals surface area contributed by atoms with Crippen molar-refractivity contribution in [1.29, 1.82) is 0 Å². The van der Waals surface area contributed by atoms with Gasteiger partial charge in [-0.1, -0.05) is 66.7 Å². The van der Waals surface area contributed by atoms with Gasteiger partial charge in [0.2, 0.25) is 0 Å². The summed E-state index contributed by atoms with van der Waals surface area (Å²) in [6, 6.07) is 32.8. The molecule has 5 aromatic rings. The molecule has 0 amide bonds. The van der Waals surface area contributed by atoms with Crippen molar-refractivity contribution < 1.29 is 61.5 Å². The van der Waals surface area contributed by atoms with Crippen molar-refractivity contribution >= 4 is 7.82 Å². The van der Waals surface area contributed by atoms with Crippen molar-refractivity contribution in [2.45, 2.75) is 36.7 Å². The molecule has 0 bridgehead atoms. The van der Waals surface area contributed by atoms with E-state index in [1.165, 1.54) is 0 Å². The molecule has 0 aliphatic carbocycles. The number of phosphoric ester groups is 1. The number of benzene rings is 4. The molecule has 2 heterocycles. The van der Waals surface area contributed by atoms with Gasteiger partial charge in [0.25, 0.3) is 5.56 Å². The lowest BCUT2D eigenvalue weighted by atomic mass is 9.80. The molecule has 1 aliphatic heterocycles. The van der Waals surface area contributed by atoms with E-state index in [1.807, 2.05) is 78.9 Å². The molecule has 1 saturated heterocycles. The summed E-state index contributed by atoms with van der Waals surface area (Å²) in [6.07, 6.45) is -4.76. The Hall–Kier alpha value is -5.17. The summed E-state index contributed by atoms with van der Waals surface area (Å²) in [4.78, 5) is 26.3. The third-order valence-electron chi connectivity index (χ3n) is 9.92. The summed E-state index contributed by atoms with van der Waals surface area (Å²) in [5, 5.41) is 21.5. The zero-order valence-corrected chi connectivity index (χ0v) is 35.4. The van der Waals surface area contributed by atoms with Gasteiger partial charge in [-0.3, -0.25) is 23.4 Å². The van der Waals surface area contributed by atoms with Crippen LogP contribution in [0.25, 0.3) is 0 Å². The van der Waals surface area contributed by atoms with E-state index in [9.17, 15) is 24.4 Å². The molecular weight excluding hydrogens is 827 g/mol. The number of aromatic amines is 1. The Morgan fingerprint density at radius 2 is 1.29 bits per heavy atom. The summed E-state index contributed by atoms with van der Waals surface area (Å²) in [6.45, 7) is 0.426. The fourth-order valence-electron chi connectivity index (χ4n) is 6.80. The van der Waals surface area contributed by atoms with Crippen molar-refractivity contribution in [3.8, 4) is 17.2 Å². The highest BCUT2D eigenvalue weighted by atomic mass is 31.2. The van der Waals surface area contributed by atoms with E-state index in [0.717, 1.165) is 39.1 Å². The number of nitrogens with one attached hydrogen (secondary N) is 1. The third-order valence-corrected chi connectivity index (χ3v) is 11.4. The molecule has 17 nitrogen and oxygen atoms in total. The second-order valence-corrected chi connectivity index (χ2v) is 15.4. The smallest absolute Gasteiger partial charge is 0.497 e. The molecule has 5 atom stereocenters. The number of hydrogen-bond acceptors (Lipinski definition) is 15. The topological polar surface area (TPSA) is 205 Å². The van der Waals surface area contributed by atoms with Gasteiger partial charge in [0.05, 0.1) is 67.1 Å². The quantitative estimate of drug-likeness (QED) is 0.0441. The molecule has 1 fully saturated rings. The Balaban J connectivity index is 1.23. The summed E-state index contributed by atoms with van der Waals surface area (Å²) < 4.78 is 72.4. The van der Waals surface area contributed by atoms with Crippen molar-refractivity contribution in [3.05, 3.63) is 158 Å². The fourth-order valence-corrected chi connectivity index (χ4v) is 8.19. The second-order valence-electron chi connectivity index (χ2n) is 13.9. The van der Waals surface area contributed by atoms with E-state index in [4.69, 9.17) is 46.7 Å². The molecular formula is C44H51N2O15P. The number of phosphoric acid groups is 1. The lowest BCUT2D eigenvalue weighted by molar-refractivity contribution is -0.0551. The van der Waals surface area contributed by atoms with Crippen molar-refractivity contribution in [2.24, 2.45) is 0 Å². The number of hydrogen-bond donors (Lipinski definition) is 3. The maximum absolute atomic E-state index is 14.4. The van der Waals surface area contributed by atoms with Gasteiger partial charge in [-0.15, -0.1) is 0 Å². The van der Waals surface area contributed by atoms with Gasteiger partial charge in [0.1, 0.15) is 41.2 Å². The van der Waals surface area contributed by atoms with Crippen molar-refractivity contribution in [1.82, 2.24) is 9.55 Å². The van der Waals surface area contributed by atoms with Crippen LogP contribution in [0.5, 0.6) is 17.2 Å². The molecule has 4 aromatic carbocycles. The van der Waals surface area contributed by atoms with Crippen LogP contribution in [-0.4, -0.2) is 106 Å². The minimum atomic E-state index is -4.65. The highest BCUT2D eigenvalue weighted by Gasteiger charge is 2.50. The van der Waals surface area contributed by atoms with Gasteiger partial charge < -0.3 is 47.9 Å². The Bertz CT molecular complexity index is 2240. The van der Waals surface area contributed by atoms with Crippen LogP contribution in [0.1, 0.15) is 28.5 Å². The summed E-state index contributed by atoms with van der Waals surface area (Å²) in [5.74, 6) is 1.45. The fraction of sp³-hybridized carbons (Fsp3) is 0.364. The zero-order valence-electron chi connectivity index (χ0n) is 34.5. The maximum atomic E-state index is 14.4. The van der Waals surface area contributed by atoms with Crippen LogP contribution in [-0.2, 0) is 49.5 Å².